The highest BCUT2D eigenvalue weighted by molar-refractivity contribution is 9.10. The maximum Gasteiger partial charge on any atom is 0.128 e. The molecule has 1 aromatic carbocycles. The van der Waals surface area contributed by atoms with Crippen LogP contribution in [0.25, 0.3) is 0 Å². The van der Waals surface area contributed by atoms with Gasteiger partial charge in [-0.15, -0.1) is 0 Å². The van der Waals surface area contributed by atoms with E-state index in [1.165, 1.54) is 6.07 Å². The number of aryl methyl sites for hydroxylation is 1. The summed E-state index contributed by atoms with van der Waals surface area (Å²) in [6.07, 6.45) is 3.43. The van der Waals surface area contributed by atoms with Gasteiger partial charge in [-0.25, -0.2) is 4.39 Å². The molecule has 0 aliphatic rings. The maximum atomic E-state index is 13.6. The smallest absolute Gasteiger partial charge is 0.128 e. The van der Waals surface area contributed by atoms with Crippen molar-refractivity contribution in [2.45, 2.75) is 6.04 Å². The first kappa shape index (κ1) is 11.3. The normalized spacial score (nSPS) is 12.8. The Kier molecular flexibility index (Phi) is 3.07. The highest BCUT2D eigenvalue weighted by Gasteiger charge is 2.15. The van der Waals surface area contributed by atoms with Crippen molar-refractivity contribution in [1.82, 2.24) is 9.78 Å². The molecule has 2 aromatic rings. The van der Waals surface area contributed by atoms with Crippen LogP contribution in [0, 0.1) is 5.82 Å². The zero-order chi connectivity index (χ0) is 11.7. The van der Waals surface area contributed by atoms with Gasteiger partial charge in [0.2, 0.25) is 0 Å². The molecule has 0 radical (unpaired) electrons. The minimum atomic E-state index is -0.494. The van der Waals surface area contributed by atoms with Crippen molar-refractivity contribution >= 4 is 15.9 Å². The maximum absolute atomic E-state index is 13.6. The van der Waals surface area contributed by atoms with Crippen molar-refractivity contribution in [3.8, 4) is 0 Å². The summed E-state index contributed by atoms with van der Waals surface area (Å²) in [5, 5.41) is 4.02. The van der Waals surface area contributed by atoms with Gasteiger partial charge < -0.3 is 5.73 Å². The average Bonchev–Trinajstić information content (AvgIpc) is 2.67. The molecule has 2 N–H and O–H groups in total. The van der Waals surface area contributed by atoms with E-state index in [1.54, 1.807) is 36.3 Å². The van der Waals surface area contributed by atoms with Gasteiger partial charge >= 0.3 is 0 Å². The Labute approximate surface area is 101 Å². The highest BCUT2D eigenvalue weighted by Crippen LogP contribution is 2.24. The number of rotatable bonds is 2. The van der Waals surface area contributed by atoms with Gasteiger partial charge in [0.25, 0.3) is 0 Å². The summed E-state index contributed by atoms with van der Waals surface area (Å²) in [5.74, 6) is -0.306. The summed E-state index contributed by atoms with van der Waals surface area (Å²) in [4.78, 5) is 0. The van der Waals surface area contributed by atoms with E-state index in [2.05, 4.69) is 21.0 Å². The Morgan fingerprint density at radius 3 is 2.88 bits per heavy atom. The van der Waals surface area contributed by atoms with Gasteiger partial charge in [0, 0.05) is 28.8 Å². The molecule has 1 unspecified atom stereocenters. The van der Waals surface area contributed by atoms with Gasteiger partial charge in [-0.05, 0) is 18.2 Å². The Morgan fingerprint density at radius 1 is 1.50 bits per heavy atom. The summed E-state index contributed by atoms with van der Waals surface area (Å²) in [7, 11) is 1.80. The Hall–Kier alpha value is -1.20. The quantitative estimate of drug-likeness (QED) is 0.920. The van der Waals surface area contributed by atoms with Gasteiger partial charge in [0.15, 0.2) is 0 Å². The van der Waals surface area contributed by atoms with Crippen LogP contribution in [0.3, 0.4) is 0 Å². The first-order chi connectivity index (χ1) is 7.58. The summed E-state index contributed by atoms with van der Waals surface area (Å²) >= 11 is 3.30. The van der Waals surface area contributed by atoms with Crippen LogP contribution in [0.2, 0.25) is 0 Å². The highest BCUT2D eigenvalue weighted by atomic mass is 79.9. The third-order valence-electron chi connectivity index (χ3n) is 2.38. The number of halogens is 2. The molecule has 0 amide bonds. The number of hydrogen-bond donors (Lipinski definition) is 1. The molecule has 5 heteroatoms. The van der Waals surface area contributed by atoms with Gasteiger partial charge in [-0.3, -0.25) is 4.68 Å². The lowest BCUT2D eigenvalue weighted by Crippen LogP contribution is -2.13. The molecule has 0 aliphatic carbocycles. The monoisotopic (exact) mass is 283 g/mol. The van der Waals surface area contributed by atoms with Crippen LogP contribution in [-0.4, -0.2) is 9.78 Å². The van der Waals surface area contributed by atoms with E-state index in [9.17, 15) is 4.39 Å². The lowest BCUT2D eigenvalue weighted by atomic mass is 10.0. The van der Waals surface area contributed by atoms with Crippen molar-refractivity contribution in [1.29, 1.82) is 0 Å². The molecule has 1 aromatic heterocycles. The minimum Gasteiger partial charge on any atom is -0.320 e. The van der Waals surface area contributed by atoms with E-state index >= 15 is 0 Å². The summed E-state index contributed by atoms with van der Waals surface area (Å²) < 4.78 is 16.0. The summed E-state index contributed by atoms with van der Waals surface area (Å²) in [6.45, 7) is 0. The molecule has 0 spiro atoms. The molecule has 0 bridgehead atoms. The van der Waals surface area contributed by atoms with E-state index in [0.29, 0.717) is 5.56 Å². The average molecular weight is 284 g/mol. The fourth-order valence-corrected chi connectivity index (χ4v) is 1.91. The third-order valence-corrected chi connectivity index (χ3v) is 2.87. The number of benzene rings is 1. The van der Waals surface area contributed by atoms with Crippen molar-refractivity contribution in [2.75, 3.05) is 0 Å². The Morgan fingerprint density at radius 2 is 2.25 bits per heavy atom. The van der Waals surface area contributed by atoms with Crippen LogP contribution >= 0.6 is 15.9 Å². The second-order valence-corrected chi connectivity index (χ2v) is 4.51. The molecule has 0 saturated heterocycles. The van der Waals surface area contributed by atoms with Gasteiger partial charge in [-0.1, -0.05) is 15.9 Å². The molecular weight excluding hydrogens is 273 g/mol. The number of hydrogen-bond acceptors (Lipinski definition) is 2. The minimum absolute atomic E-state index is 0.306. The fourth-order valence-electron chi connectivity index (χ4n) is 1.53. The number of nitrogens with two attached hydrogens (primary N) is 1. The van der Waals surface area contributed by atoms with Crippen molar-refractivity contribution in [3.63, 3.8) is 0 Å². The van der Waals surface area contributed by atoms with Gasteiger partial charge in [0.05, 0.1) is 12.2 Å². The molecule has 1 heterocycles. The van der Waals surface area contributed by atoms with Crippen LogP contribution in [0.1, 0.15) is 17.2 Å². The van der Waals surface area contributed by atoms with Gasteiger partial charge in [-0.2, -0.15) is 5.10 Å². The molecule has 3 nitrogen and oxygen atoms in total. The van der Waals surface area contributed by atoms with Crippen molar-refractivity contribution in [2.24, 2.45) is 12.8 Å². The zero-order valence-electron chi connectivity index (χ0n) is 8.69. The van der Waals surface area contributed by atoms with Crippen LogP contribution in [0.4, 0.5) is 4.39 Å². The van der Waals surface area contributed by atoms with E-state index < -0.39 is 6.04 Å². The number of nitrogens with zero attached hydrogens (tertiary/aromatic N) is 2. The summed E-state index contributed by atoms with van der Waals surface area (Å²) in [6, 6.07) is 4.24. The van der Waals surface area contributed by atoms with Crippen LogP contribution in [0.5, 0.6) is 0 Å². The zero-order valence-corrected chi connectivity index (χ0v) is 10.3. The molecular formula is C11H11BrFN3. The van der Waals surface area contributed by atoms with E-state index in [1.807, 2.05) is 0 Å². The Bertz CT molecular complexity index is 510. The van der Waals surface area contributed by atoms with Crippen LogP contribution in [-0.2, 0) is 7.05 Å². The molecule has 0 aliphatic heterocycles. The molecule has 0 saturated carbocycles. The molecule has 16 heavy (non-hydrogen) atoms. The predicted molar refractivity (Wildman–Crippen MR) is 63.3 cm³/mol. The second-order valence-electron chi connectivity index (χ2n) is 3.59. The second kappa shape index (κ2) is 4.35. The largest absolute Gasteiger partial charge is 0.320 e. The standard InChI is InChI=1S/C11H11BrFN3/c1-16-6-7(5-15-16)11(14)9-4-8(12)2-3-10(9)13/h2-6,11H,14H2,1H3. The molecule has 2 rings (SSSR count). The first-order valence-electron chi connectivity index (χ1n) is 4.77. The SMILES string of the molecule is Cn1cc(C(N)c2cc(Br)ccc2F)cn1. The lowest BCUT2D eigenvalue weighted by molar-refractivity contribution is 0.599. The fraction of sp³-hybridized carbons (Fsp3) is 0.182. The summed E-state index contributed by atoms with van der Waals surface area (Å²) in [5.41, 5.74) is 7.24. The van der Waals surface area contributed by atoms with Crippen molar-refractivity contribution < 1.29 is 4.39 Å². The molecule has 84 valence electrons. The molecule has 0 fully saturated rings. The van der Waals surface area contributed by atoms with E-state index in [-0.39, 0.29) is 5.82 Å². The lowest BCUT2D eigenvalue weighted by Gasteiger charge is -2.11. The van der Waals surface area contributed by atoms with Gasteiger partial charge in [0.1, 0.15) is 5.82 Å². The number of aromatic nitrogens is 2. The van der Waals surface area contributed by atoms with Crippen LogP contribution < -0.4 is 5.73 Å². The Balaban J connectivity index is 2.40. The first-order valence-corrected chi connectivity index (χ1v) is 5.56. The van der Waals surface area contributed by atoms with E-state index in [4.69, 9.17) is 5.73 Å². The third kappa shape index (κ3) is 2.15. The van der Waals surface area contributed by atoms with E-state index in [0.717, 1.165) is 10.0 Å². The van der Waals surface area contributed by atoms with Crippen molar-refractivity contribution in [3.05, 3.63) is 52.0 Å². The predicted octanol–water partition coefficient (Wildman–Crippen LogP) is 2.37. The molecule has 1 atom stereocenters. The topological polar surface area (TPSA) is 43.8 Å². The van der Waals surface area contributed by atoms with Crippen LogP contribution in [0.15, 0.2) is 35.1 Å².